The molecular weight excluding hydrogens is 389 g/mol. The third-order valence-electron chi connectivity index (χ3n) is 5.76. The SMILES string of the molecule is CCc1cc(CN2CCC(N3C[C@@H](COc4ccc(F)cc4)OCC3=O)CC2)on1. The van der Waals surface area contributed by atoms with Gasteiger partial charge in [-0.15, -0.1) is 0 Å². The van der Waals surface area contributed by atoms with E-state index >= 15 is 0 Å². The van der Waals surface area contributed by atoms with E-state index in [1.54, 1.807) is 12.1 Å². The third-order valence-corrected chi connectivity index (χ3v) is 5.76. The quantitative estimate of drug-likeness (QED) is 0.690. The number of hydrogen-bond donors (Lipinski definition) is 0. The average Bonchev–Trinajstić information content (AvgIpc) is 3.22. The highest BCUT2D eigenvalue weighted by atomic mass is 19.1. The fourth-order valence-corrected chi connectivity index (χ4v) is 4.03. The Kier molecular flexibility index (Phi) is 6.64. The van der Waals surface area contributed by atoms with Gasteiger partial charge < -0.3 is 18.9 Å². The first-order chi connectivity index (χ1) is 14.6. The molecule has 2 aromatic rings. The van der Waals surface area contributed by atoms with Crippen molar-refractivity contribution in [3.63, 3.8) is 0 Å². The second kappa shape index (κ2) is 9.57. The van der Waals surface area contributed by atoms with Crippen LogP contribution in [0, 0.1) is 5.82 Å². The summed E-state index contributed by atoms with van der Waals surface area (Å²) >= 11 is 0. The molecule has 0 spiro atoms. The van der Waals surface area contributed by atoms with Crippen LogP contribution in [-0.4, -0.2) is 65.9 Å². The molecule has 8 heteroatoms. The Morgan fingerprint density at radius 1 is 1.23 bits per heavy atom. The highest BCUT2D eigenvalue weighted by Crippen LogP contribution is 2.22. The van der Waals surface area contributed by atoms with E-state index in [2.05, 4.69) is 17.0 Å². The standard InChI is InChI=1S/C22H28FN3O4/c1-2-17-11-20(30-24-17)12-25-9-7-18(8-10-25)26-13-21(29-15-22(26)27)14-28-19-5-3-16(23)4-6-19/h3-6,11,18,21H,2,7-10,12-15H2,1H3/t21-/m0/s1. The van der Waals surface area contributed by atoms with Crippen LogP contribution in [0.1, 0.15) is 31.2 Å². The lowest BCUT2D eigenvalue weighted by Crippen LogP contribution is -2.55. The zero-order valence-electron chi connectivity index (χ0n) is 17.3. The fraction of sp³-hybridized carbons (Fsp3) is 0.545. The van der Waals surface area contributed by atoms with E-state index in [1.807, 2.05) is 11.0 Å². The molecule has 0 aliphatic carbocycles. The number of likely N-dealkylation sites (tertiary alicyclic amines) is 1. The smallest absolute Gasteiger partial charge is 0.248 e. The Labute approximate surface area is 175 Å². The first kappa shape index (κ1) is 20.8. The van der Waals surface area contributed by atoms with Gasteiger partial charge >= 0.3 is 0 Å². The molecule has 1 aromatic carbocycles. The molecule has 3 heterocycles. The first-order valence-electron chi connectivity index (χ1n) is 10.6. The number of carbonyl (C=O) groups is 1. The van der Waals surface area contributed by atoms with Gasteiger partial charge in [0.25, 0.3) is 0 Å². The van der Waals surface area contributed by atoms with E-state index in [4.69, 9.17) is 14.0 Å². The second-order valence-electron chi connectivity index (χ2n) is 7.89. The van der Waals surface area contributed by atoms with Crippen molar-refractivity contribution in [3.05, 3.63) is 47.6 Å². The van der Waals surface area contributed by atoms with Crippen LogP contribution >= 0.6 is 0 Å². The Hall–Kier alpha value is -2.45. The summed E-state index contributed by atoms with van der Waals surface area (Å²) in [4.78, 5) is 16.7. The van der Waals surface area contributed by atoms with Gasteiger partial charge in [0.15, 0.2) is 5.76 Å². The van der Waals surface area contributed by atoms with Crippen molar-refractivity contribution >= 4 is 5.91 Å². The maximum Gasteiger partial charge on any atom is 0.248 e. The number of carbonyl (C=O) groups excluding carboxylic acids is 1. The van der Waals surface area contributed by atoms with Gasteiger partial charge in [0.05, 0.1) is 18.8 Å². The minimum absolute atomic E-state index is 0.0364. The summed E-state index contributed by atoms with van der Waals surface area (Å²) in [6.45, 7) is 5.57. The minimum atomic E-state index is -0.298. The number of aryl methyl sites for hydroxylation is 1. The van der Waals surface area contributed by atoms with Crippen LogP contribution < -0.4 is 4.74 Å². The monoisotopic (exact) mass is 417 g/mol. The van der Waals surface area contributed by atoms with Gasteiger partial charge in [0.2, 0.25) is 5.91 Å². The van der Waals surface area contributed by atoms with E-state index in [0.29, 0.717) is 18.9 Å². The maximum absolute atomic E-state index is 13.0. The lowest BCUT2D eigenvalue weighted by Gasteiger charge is -2.41. The number of aromatic nitrogens is 1. The molecule has 4 rings (SSSR count). The van der Waals surface area contributed by atoms with Crippen molar-refractivity contribution in [1.82, 2.24) is 15.0 Å². The van der Waals surface area contributed by atoms with Crippen molar-refractivity contribution in [2.45, 2.75) is 44.9 Å². The average molecular weight is 417 g/mol. The van der Waals surface area contributed by atoms with Crippen LogP contribution in [0.4, 0.5) is 4.39 Å². The van der Waals surface area contributed by atoms with Gasteiger partial charge in [-0.05, 0) is 43.5 Å². The number of ether oxygens (including phenoxy) is 2. The molecule has 30 heavy (non-hydrogen) atoms. The number of amides is 1. The summed E-state index contributed by atoms with van der Waals surface area (Å²) < 4.78 is 29.8. The van der Waals surface area contributed by atoms with E-state index in [0.717, 1.165) is 50.4 Å². The van der Waals surface area contributed by atoms with Crippen LogP contribution in [0.5, 0.6) is 5.75 Å². The molecule has 1 atom stereocenters. The summed E-state index contributed by atoms with van der Waals surface area (Å²) in [6.07, 6.45) is 2.53. The van der Waals surface area contributed by atoms with Gasteiger partial charge in [-0.25, -0.2) is 4.39 Å². The lowest BCUT2D eigenvalue weighted by atomic mass is 10.0. The number of piperidine rings is 1. The highest BCUT2D eigenvalue weighted by Gasteiger charge is 2.34. The highest BCUT2D eigenvalue weighted by molar-refractivity contribution is 5.78. The number of halogens is 1. The van der Waals surface area contributed by atoms with E-state index in [1.165, 1.54) is 12.1 Å². The molecule has 0 saturated carbocycles. The molecule has 0 N–H and O–H groups in total. The molecule has 2 fully saturated rings. The van der Waals surface area contributed by atoms with Gasteiger partial charge in [-0.2, -0.15) is 0 Å². The summed E-state index contributed by atoms with van der Waals surface area (Å²) in [7, 11) is 0. The van der Waals surface area contributed by atoms with E-state index < -0.39 is 0 Å². The molecule has 0 bridgehead atoms. The second-order valence-corrected chi connectivity index (χ2v) is 7.89. The summed E-state index contributed by atoms with van der Waals surface area (Å²) in [5, 5.41) is 4.05. The summed E-state index contributed by atoms with van der Waals surface area (Å²) in [5.74, 6) is 1.23. The predicted octanol–water partition coefficient (Wildman–Crippen LogP) is 2.65. The molecule has 162 valence electrons. The molecule has 7 nitrogen and oxygen atoms in total. The Bertz CT molecular complexity index is 833. The summed E-state index contributed by atoms with van der Waals surface area (Å²) in [5.41, 5.74) is 0.979. The summed E-state index contributed by atoms with van der Waals surface area (Å²) in [6, 6.07) is 8.14. The molecule has 2 aliphatic heterocycles. The predicted molar refractivity (Wildman–Crippen MR) is 108 cm³/mol. The topological polar surface area (TPSA) is 68.0 Å². The van der Waals surface area contributed by atoms with Gasteiger partial charge in [-0.3, -0.25) is 9.69 Å². The molecule has 1 aromatic heterocycles. The Morgan fingerprint density at radius 3 is 2.70 bits per heavy atom. The number of nitrogens with zero attached hydrogens (tertiary/aromatic N) is 3. The van der Waals surface area contributed by atoms with Gasteiger partial charge in [0.1, 0.15) is 30.9 Å². The molecule has 0 unspecified atom stereocenters. The molecular formula is C22H28FN3O4. The van der Waals surface area contributed by atoms with Crippen molar-refractivity contribution in [3.8, 4) is 5.75 Å². The van der Waals surface area contributed by atoms with Crippen LogP contribution in [0.25, 0.3) is 0 Å². The Balaban J connectivity index is 1.25. The molecule has 2 saturated heterocycles. The molecule has 1 amide bonds. The Morgan fingerprint density at radius 2 is 2.00 bits per heavy atom. The van der Waals surface area contributed by atoms with Crippen LogP contribution in [0.15, 0.2) is 34.9 Å². The van der Waals surface area contributed by atoms with Gasteiger partial charge in [-0.1, -0.05) is 12.1 Å². The minimum Gasteiger partial charge on any atom is -0.491 e. The fourth-order valence-electron chi connectivity index (χ4n) is 4.03. The van der Waals surface area contributed by atoms with Crippen molar-refractivity contribution in [2.75, 3.05) is 32.8 Å². The van der Waals surface area contributed by atoms with Crippen molar-refractivity contribution in [1.29, 1.82) is 0 Å². The van der Waals surface area contributed by atoms with E-state index in [-0.39, 0.29) is 30.5 Å². The van der Waals surface area contributed by atoms with Crippen LogP contribution in [0.2, 0.25) is 0 Å². The van der Waals surface area contributed by atoms with E-state index in [9.17, 15) is 9.18 Å². The number of benzene rings is 1. The van der Waals surface area contributed by atoms with Crippen LogP contribution in [-0.2, 0) is 22.5 Å². The van der Waals surface area contributed by atoms with Crippen molar-refractivity contribution in [2.24, 2.45) is 0 Å². The molecule has 2 aliphatic rings. The van der Waals surface area contributed by atoms with Crippen LogP contribution in [0.3, 0.4) is 0 Å². The normalized spacial score (nSPS) is 21.2. The zero-order valence-corrected chi connectivity index (χ0v) is 17.3. The molecule has 0 radical (unpaired) electrons. The zero-order chi connectivity index (χ0) is 20.9. The maximum atomic E-state index is 13.0. The number of morpholine rings is 1. The third kappa shape index (κ3) is 5.17. The lowest BCUT2D eigenvalue weighted by molar-refractivity contribution is -0.155. The van der Waals surface area contributed by atoms with Gasteiger partial charge in [0, 0.05) is 25.2 Å². The largest absolute Gasteiger partial charge is 0.491 e. The number of rotatable bonds is 7. The van der Waals surface area contributed by atoms with Crippen molar-refractivity contribution < 1.29 is 23.2 Å². The first-order valence-corrected chi connectivity index (χ1v) is 10.6. The number of hydrogen-bond acceptors (Lipinski definition) is 6.